The number of ether oxygens (including phenoxy) is 1. The van der Waals surface area contributed by atoms with Crippen molar-refractivity contribution in [3.63, 3.8) is 0 Å². The summed E-state index contributed by atoms with van der Waals surface area (Å²) in [5.74, 6) is 0.298. The number of benzene rings is 1. The Morgan fingerprint density at radius 3 is 2.29 bits per heavy atom. The van der Waals surface area contributed by atoms with Crippen LogP contribution in [0.15, 0.2) is 24.3 Å². The third-order valence-corrected chi connectivity index (χ3v) is 2.81. The fourth-order valence-electron chi connectivity index (χ4n) is 1.64. The van der Waals surface area contributed by atoms with Crippen molar-refractivity contribution in [2.75, 3.05) is 12.4 Å². The Morgan fingerprint density at radius 2 is 1.88 bits per heavy atom. The van der Waals surface area contributed by atoms with Crippen LogP contribution in [0.4, 0.5) is 5.69 Å². The lowest BCUT2D eigenvalue weighted by atomic mass is 10.0. The van der Waals surface area contributed by atoms with E-state index in [-0.39, 0.29) is 12.0 Å². The van der Waals surface area contributed by atoms with Crippen LogP contribution in [0.2, 0.25) is 0 Å². The van der Waals surface area contributed by atoms with E-state index in [0.717, 1.165) is 5.69 Å². The normalized spacial score (nSPS) is 12.3. The fraction of sp³-hybridized carbons (Fsp3) is 0.500. The summed E-state index contributed by atoms with van der Waals surface area (Å²) < 4.78 is 4.74. The molecular formula is C14H21NO2. The minimum atomic E-state index is -0.273. The molecule has 94 valence electrons. The van der Waals surface area contributed by atoms with Gasteiger partial charge in [0.05, 0.1) is 7.11 Å². The first-order valence-electron chi connectivity index (χ1n) is 6.02. The molecule has 0 spiro atoms. The molecule has 1 atom stereocenters. The minimum Gasteiger partial charge on any atom is -0.467 e. The average Bonchev–Trinajstić information content (AvgIpc) is 2.35. The highest BCUT2D eigenvalue weighted by molar-refractivity contribution is 5.79. The lowest BCUT2D eigenvalue weighted by Crippen LogP contribution is -2.29. The Balaban J connectivity index is 2.70. The molecule has 1 aromatic carbocycles. The first-order valence-corrected chi connectivity index (χ1v) is 6.02. The van der Waals surface area contributed by atoms with E-state index in [1.54, 1.807) is 0 Å². The van der Waals surface area contributed by atoms with Gasteiger partial charge in [0.2, 0.25) is 0 Å². The van der Waals surface area contributed by atoms with Gasteiger partial charge < -0.3 is 10.1 Å². The molecule has 0 aliphatic carbocycles. The van der Waals surface area contributed by atoms with Crippen LogP contribution >= 0.6 is 0 Å². The highest BCUT2D eigenvalue weighted by atomic mass is 16.5. The molecule has 3 heteroatoms. The van der Waals surface area contributed by atoms with Gasteiger partial charge in [-0.3, -0.25) is 0 Å². The average molecular weight is 235 g/mol. The van der Waals surface area contributed by atoms with E-state index in [0.29, 0.717) is 12.3 Å². The van der Waals surface area contributed by atoms with Crippen molar-refractivity contribution in [1.29, 1.82) is 0 Å². The van der Waals surface area contributed by atoms with E-state index >= 15 is 0 Å². The molecule has 3 nitrogen and oxygen atoms in total. The largest absolute Gasteiger partial charge is 0.467 e. The maximum atomic E-state index is 11.4. The molecule has 0 radical (unpaired) electrons. The highest BCUT2D eigenvalue weighted by Crippen LogP contribution is 2.18. The van der Waals surface area contributed by atoms with E-state index < -0.39 is 0 Å². The molecule has 17 heavy (non-hydrogen) atoms. The zero-order valence-corrected chi connectivity index (χ0v) is 11.0. The van der Waals surface area contributed by atoms with E-state index in [2.05, 4.69) is 31.3 Å². The summed E-state index contributed by atoms with van der Waals surface area (Å²) >= 11 is 0. The molecule has 0 bridgehead atoms. The number of methoxy groups -OCH3 is 1. The molecule has 1 rings (SSSR count). The van der Waals surface area contributed by atoms with E-state index in [4.69, 9.17) is 4.74 Å². The number of anilines is 1. The maximum absolute atomic E-state index is 11.4. The summed E-state index contributed by atoms with van der Waals surface area (Å²) in [7, 11) is 1.41. The van der Waals surface area contributed by atoms with Crippen LogP contribution in [-0.4, -0.2) is 19.1 Å². The predicted molar refractivity (Wildman–Crippen MR) is 70.2 cm³/mol. The molecule has 0 aromatic heterocycles. The quantitative estimate of drug-likeness (QED) is 0.797. The number of nitrogens with one attached hydrogen (secondary N) is 1. The van der Waals surface area contributed by atoms with Gasteiger partial charge in [0.25, 0.3) is 0 Å². The van der Waals surface area contributed by atoms with Gasteiger partial charge in [0.15, 0.2) is 0 Å². The molecule has 1 N–H and O–H groups in total. The van der Waals surface area contributed by atoms with E-state index in [9.17, 15) is 4.79 Å². The molecule has 0 aliphatic rings. The smallest absolute Gasteiger partial charge is 0.328 e. The Bertz CT molecular complexity index is 357. The number of rotatable bonds is 5. The number of carbonyl (C=O) groups excluding carboxylic acids is 1. The molecule has 0 saturated heterocycles. The molecular weight excluding hydrogens is 214 g/mol. The molecule has 0 fully saturated rings. The molecule has 0 saturated carbocycles. The Hall–Kier alpha value is -1.51. The second-order valence-corrected chi connectivity index (χ2v) is 4.41. The van der Waals surface area contributed by atoms with Crippen molar-refractivity contribution in [3.8, 4) is 0 Å². The SMILES string of the molecule is CCC(Nc1ccc(C(C)C)cc1)C(=O)OC. The summed E-state index contributed by atoms with van der Waals surface area (Å²) in [6, 6.07) is 7.89. The standard InChI is InChI=1S/C14H21NO2/c1-5-13(14(16)17-4)15-12-8-6-11(7-9-12)10(2)3/h6-10,13,15H,5H2,1-4H3. The van der Waals surface area contributed by atoms with Crippen molar-refractivity contribution in [2.45, 2.75) is 39.2 Å². The van der Waals surface area contributed by atoms with Crippen molar-refractivity contribution < 1.29 is 9.53 Å². The zero-order valence-electron chi connectivity index (χ0n) is 11.0. The second-order valence-electron chi connectivity index (χ2n) is 4.41. The Kier molecular flexibility index (Phi) is 5.01. The van der Waals surface area contributed by atoms with Gasteiger partial charge in [-0.1, -0.05) is 32.9 Å². The minimum absolute atomic E-state index is 0.222. The van der Waals surface area contributed by atoms with Gasteiger partial charge in [-0.25, -0.2) is 4.79 Å². The molecule has 0 amide bonds. The Labute approximate surface area is 103 Å². The van der Waals surface area contributed by atoms with Gasteiger partial charge in [0, 0.05) is 5.69 Å². The van der Waals surface area contributed by atoms with Crippen LogP contribution in [0.5, 0.6) is 0 Å². The fourth-order valence-corrected chi connectivity index (χ4v) is 1.64. The topological polar surface area (TPSA) is 38.3 Å². The number of hydrogen-bond acceptors (Lipinski definition) is 3. The van der Waals surface area contributed by atoms with Crippen molar-refractivity contribution >= 4 is 11.7 Å². The van der Waals surface area contributed by atoms with Gasteiger partial charge in [-0.15, -0.1) is 0 Å². The van der Waals surface area contributed by atoms with Crippen LogP contribution in [0.1, 0.15) is 38.7 Å². The van der Waals surface area contributed by atoms with Gasteiger partial charge in [-0.2, -0.15) is 0 Å². The molecule has 0 heterocycles. The third-order valence-electron chi connectivity index (χ3n) is 2.81. The summed E-state index contributed by atoms with van der Waals surface area (Å²) in [5.41, 5.74) is 2.24. The van der Waals surface area contributed by atoms with Gasteiger partial charge in [-0.05, 0) is 30.0 Å². The van der Waals surface area contributed by atoms with Crippen LogP contribution in [0.3, 0.4) is 0 Å². The third kappa shape index (κ3) is 3.77. The van der Waals surface area contributed by atoms with E-state index in [1.165, 1.54) is 12.7 Å². The second kappa shape index (κ2) is 6.28. The Morgan fingerprint density at radius 1 is 1.29 bits per heavy atom. The van der Waals surface area contributed by atoms with Crippen LogP contribution < -0.4 is 5.32 Å². The van der Waals surface area contributed by atoms with Crippen molar-refractivity contribution in [3.05, 3.63) is 29.8 Å². The summed E-state index contributed by atoms with van der Waals surface area (Å²) in [5, 5.41) is 3.17. The maximum Gasteiger partial charge on any atom is 0.328 e. The van der Waals surface area contributed by atoms with Crippen LogP contribution in [0.25, 0.3) is 0 Å². The van der Waals surface area contributed by atoms with Gasteiger partial charge >= 0.3 is 5.97 Å². The summed E-state index contributed by atoms with van der Waals surface area (Å²) in [4.78, 5) is 11.4. The number of hydrogen-bond donors (Lipinski definition) is 1. The molecule has 1 aromatic rings. The summed E-state index contributed by atoms with van der Waals surface area (Å²) in [6.07, 6.45) is 0.707. The molecule has 0 aliphatic heterocycles. The van der Waals surface area contributed by atoms with Gasteiger partial charge in [0.1, 0.15) is 6.04 Å². The number of carbonyl (C=O) groups is 1. The predicted octanol–water partition coefficient (Wildman–Crippen LogP) is 3.17. The molecule has 1 unspecified atom stereocenters. The monoisotopic (exact) mass is 235 g/mol. The lowest BCUT2D eigenvalue weighted by Gasteiger charge is -2.16. The zero-order chi connectivity index (χ0) is 12.8. The highest BCUT2D eigenvalue weighted by Gasteiger charge is 2.16. The van der Waals surface area contributed by atoms with Crippen LogP contribution in [-0.2, 0) is 9.53 Å². The first-order chi connectivity index (χ1) is 8.08. The van der Waals surface area contributed by atoms with E-state index in [1.807, 2.05) is 19.1 Å². The van der Waals surface area contributed by atoms with Crippen molar-refractivity contribution in [1.82, 2.24) is 0 Å². The first kappa shape index (κ1) is 13.6. The van der Waals surface area contributed by atoms with Crippen LogP contribution in [0, 0.1) is 0 Å². The van der Waals surface area contributed by atoms with Crippen molar-refractivity contribution in [2.24, 2.45) is 0 Å². The number of esters is 1. The summed E-state index contributed by atoms with van der Waals surface area (Å²) in [6.45, 7) is 6.27. The lowest BCUT2D eigenvalue weighted by molar-refractivity contribution is -0.141.